The molecule has 0 aromatic rings. The highest BCUT2D eigenvalue weighted by Crippen LogP contribution is 2.08. The maximum absolute atomic E-state index is 11.5. The van der Waals surface area contributed by atoms with Crippen molar-refractivity contribution in [3.63, 3.8) is 0 Å². The second-order valence-corrected chi connectivity index (χ2v) is 5.23. The van der Waals surface area contributed by atoms with Crippen LogP contribution in [0.1, 0.15) is 65.2 Å². The highest BCUT2D eigenvalue weighted by atomic mass is 16.5. The van der Waals surface area contributed by atoms with E-state index in [1.165, 1.54) is 38.5 Å². The Balaban J connectivity index is 3.19. The fourth-order valence-electron chi connectivity index (χ4n) is 1.84. The lowest BCUT2D eigenvalue weighted by molar-refractivity contribution is -0.121. The van der Waals surface area contributed by atoms with Crippen LogP contribution in [0.3, 0.4) is 0 Å². The number of carbonyl (C=O) groups is 1. The summed E-state index contributed by atoms with van der Waals surface area (Å²) in [5.74, 6) is 0.146. The zero-order valence-electron chi connectivity index (χ0n) is 12.8. The lowest BCUT2D eigenvalue weighted by Crippen LogP contribution is -2.27. The van der Waals surface area contributed by atoms with Crippen molar-refractivity contribution in [1.29, 1.82) is 0 Å². The largest absolute Gasteiger partial charge is 0.375 e. The molecule has 0 aliphatic carbocycles. The van der Waals surface area contributed by atoms with Gasteiger partial charge < -0.3 is 10.1 Å². The van der Waals surface area contributed by atoms with Crippen LogP contribution in [0.25, 0.3) is 0 Å². The number of hydrogen-bond acceptors (Lipinski definition) is 2. The Hall–Kier alpha value is -0.830. The SMILES string of the molecule is C=C(C)COCCNC(=O)CCCCCCCCC. The third-order valence-electron chi connectivity index (χ3n) is 2.92. The van der Waals surface area contributed by atoms with E-state index >= 15 is 0 Å². The lowest BCUT2D eigenvalue weighted by atomic mass is 10.1. The van der Waals surface area contributed by atoms with Gasteiger partial charge in [-0.2, -0.15) is 0 Å². The molecule has 0 aliphatic rings. The molecular formula is C16H31NO2. The summed E-state index contributed by atoms with van der Waals surface area (Å²) in [7, 11) is 0. The van der Waals surface area contributed by atoms with Crippen molar-refractivity contribution in [2.75, 3.05) is 19.8 Å². The summed E-state index contributed by atoms with van der Waals surface area (Å²) in [5, 5.41) is 2.87. The molecule has 0 aromatic heterocycles. The molecule has 0 unspecified atom stereocenters. The third-order valence-corrected chi connectivity index (χ3v) is 2.92. The zero-order valence-corrected chi connectivity index (χ0v) is 12.8. The Labute approximate surface area is 118 Å². The van der Waals surface area contributed by atoms with Gasteiger partial charge in [-0.05, 0) is 13.3 Å². The molecule has 0 radical (unpaired) electrons. The van der Waals surface area contributed by atoms with Crippen LogP contribution in [0, 0.1) is 0 Å². The van der Waals surface area contributed by atoms with Crippen LogP contribution in [-0.4, -0.2) is 25.7 Å². The lowest BCUT2D eigenvalue weighted by Gasteiger charge is -2.06. The number of carbonyl (C=O) groups excluding carboxylic acids is 1. The Morgan fingerprint density at radius 1 is 1.11 bits per heavy atom. The molecule has 19 heavy (non-hydrogen) atoms. The van der Waals surface area contributed by atoms with E-state index in [-0.39, 0.29) is 5.91 Å². The summed E-state index contributed by atoms with van der Waals surface area (Å²) in [6.07, 6.45) is 9.35. The molecule has 0 aromatic carbocycles. The second kappa shape index (κ2) is 13.6. The summed E-state index contributed by atoms with van der Waals surface area (Å²) < 4.78 is 5.31. The van der Waals surface area contributed by atoms with Crippen molar-refractivity contribution < 1.29 is 9.53 Å². The molecule has 3 heteroatoms. The molecule has 0 bridgehead atoms. The predicted octanol–water partition coefficient (Wildman–Crippen LogP) is 3.84. The molecule has 3 nitrogen and oxygen atoms in total. The number of amides is 1. The quantitative estimate of drug-likeness (QED) is 0.407. The highest BCUT2D eigenvalue weighted by Gasteiger charge is 2.00. The minimum Gasteiger partial charge on any atom is -0.375 e. The van der Waals surface area contributed by atoms with Gasteiger partial charge in [0.05, 0.1) is 13.2 Å². The molecular weight excluding hydrogens is 238 g/mol. The molecule has 1 N–H and O–H groups in total. The molecule has 0 saturated carbocycles. The molecule has 0 atom stereocenters. The van der Waals surface area contributed by atoms with Crippen molar-refractivity contribution in [3.05, 3.63) is 12.2 Å². The maximum atomic E-state index is 11.5. The van der Waals surface area contributed by atoms with Gasteiger partial charge in [-0.15, -0.1) is 0 Å². The van der Waals surface area contributed by atoms with Crippen LogP contribution in [0.15, 0.2) is 12.2 Å². The first kappa shape index (κ1) is 18.2. The number of nitrogens with one attached hydrogen (secondary N) is 1. The van der Waals surface area contributed by atoms with Gasteiger partial charge in [0, 0.05) is 13.0 Å². The van der Waals surface area contributed by atoms with Crippen molar-refractivity contribution in [3.8, 4) is 0 Å². The number of hydrogen-bond donors (Lipinski definition) is 1. The van der Waals surface area contributed by atoms with Gasteiger partial charge in [0.1, 0.15) is 0 Å². The van der Waals surface area contributed by atoms with Crippen molar-refractivity contribution in [1.82, 2.24) is 5.32 Å². The van der Waals surface area contributed by atoms with Gasteiger partial charge >= 0.3 is 0 Å². The summed E-state index contributed by atoms with van der Waals surface area (Å²) in [6, 6.07) is 0. The van der Waals surface area contributed by atoms with E-state index in [0.29, 0.717) is 26.2 Å². The predicted molar refractivity (Wildman–Crippen MR) is 81.3 cm³/mol. The van der Waals surface area contributed by atoms with Crippen molar-refractivity contribution >= 4 is 5.91 Å². The van der Waals surface area contributed by atoms with Crippen LogP contribution in [0.2, 0.25) is 0 Å². The van der Waals surface area contributed by atoms with E-state index < -0.39 is 0 Å². The van der Waals surface area contributed by atoms with Gasteiger partial charge in [0.2, 0.25) is 5.91 Å². The van der Waals surface area contributed by atoms with Gasteiger partial charge in [-0.1, -0.05) is 57.6 Å². The molecule has 0 spiro atoms. The van der Waals surface area contributed by atoms with Gasteiger partial charge in [0.25, 0.3) is 0 Å². The first-order valence-corrected chi connectivity index (χ1v) is 7.65. The minimum absolute atomic E-state index is 0.146. The van der Waals surface area contributed by atoms with E-state index in [1.807, 2.05) is 6.92 Å². The fourth-order valence-corrected chi connectivity index (χ4v) is 1.84. The summed E-state index contributed by atoms with van der Waals surface area (Å²) in [6.45, 7) is 9.65. The number of rotatable bonds is 13. The van der Waals surface area contributed by atoms with E-state index in [0.717, 1.165) is 12.0 Å². The molecule has 0 fully saturated rings. The summed E-state index contributed by atoms with van der Waals surface area (Å²) >= 11 is 0. The smallest absolute Gasteiger partial charge is 0.220 e. The van der Waals surface area contributed by atoms with E-state index in [2.05, 4.69) is 18.8 Å². The average molecular weight is 269 g/mol. The number of ether oxygens (including phenoxy) is 1. The van der Waals surface area contributed by atoms with Crippen LogP contribution < -0.4 is 5.32 Å². The highest BCUT2D eigenvalue weighted by molar-refractivity contribution is 5.75. The van der Waals surface area contributed by atoms with E-state index in [9.17, 15) is 4.79 Å². The second-order valence-electron chi connectivity index (χ2n) is 5.23. The van der Waals surface area contributed by atoms with Crippen LogP contribution >= 0.6 is 0 Å². The number of unbranched alkanes of at least 4 members (excludes halogenated alkanes) is 6. The van der Waals surface area contributed by atoms with Crippen molar-refractivity contribution in [2.24, 2.45) is 0 Å². The average Bonchev–Trinajstić information content (AvgIpc) is 2.37. The molecule has 0 aliphatic heterocycles. The summed E-state index contributed by atoms with van der Waals surface area (Å²) in [5.41, 5.74) is 1.01. The van der Waals surface area contributed by atoms with Crippen LogP contribution in [-0.2, 0) is 9.53 Å². The van der Waals surface area contributed by atoms with Gasteiger partial charge in [-0.25, -0.2) is 0 Å². The fraction of sp³-hybridized carbons (Fsp3) is 0.812. The van der Waals surface area contributed by atoms with Gasteiger partial charge in [-0.3, -0.25) is 4.79 Å². The van der Waals surface area contributed by atoms with E-state index in [4.69, 9.17) is 4.74 Å². The first-order chi connectivity index (χ1) is 9.16. The molecule has 0 heterocycles. The summed E-state index contributed by atoms with van der Waals surface area (Å²) in [4.78, 5) is 11.5. The Bertz CT molecular complexity index is 239. The molecule has 0 saturated heterocycles. The van der Waals surface area contributed by atoms with Crippen molar-refractivity contribution in [2.45, 2.75) is 65.2 Å². The Morgan fingerprint density at radius 3 is 2.37 bits per heavy atom. The van der Waals surface area contributed by atoms with Crippen LogP contribution in [0.5, 0.6) is 0 Å². The van der Waals surface area contributed by atoms with Gasteiger partial charge in [0.15, 0.2) is 0 Å². The molecule has 112 valence electrons. The third kappa shape index (κ3) is 15.1. The normalized spacial score (nSPS) is 10.4. The van der Waals surface area contributed by atoms with E-state index in [1.54, 1.807) is 0 Å². The zero-order chi connectivity index (χ0) is 14.3. The monoisotopic (exact) mass is 269 g/mol. The minimum atomic E-state index is 0.146. The Morgan fingerprint density at radius 2 is 1.74 bits per heavy atom. The molecule has 1 amide bonds. The Kier molecular flexibility index (Phi) is 13.0. The first-order valence-electron chi connectivity index (χ1n) is 7.65. The standard InChI is InChI=1S/C16H31NO2/c1-4-5-6-7-8-9-10-11-16(18)17-12-13-19-14-15(2)3/h2,4-14H2,1,3H3,(H,17,18). The maximum Gasteiger partial charge on any atom is 0.220 e. The topological polar surface area (TPSA) is 38.3 Å². The molecule has 0 rings (SSSR count). The van der Waals surface area contributed by atoms with Crippen LogP contribution in [0.4, 0.5) is 0 Å².